The molecule has 0 aliphatic carbocycles. The standard InChI is InChI=1S/C23H17F6N5O2/c24-22(25,26)16-8-15(9-17(10-16)23(27,28)29)20(35)30-6-7-34-19-18(11-32-34)21(36)33(13-31-19)12-14-4-2-1-3-5-14/h1-5,8-11,13H,6-7,12H2,(H,30,35). The van der Waals surface area contributed by atoms with Crippen LogP contribution in [0.3, 0.4) is 0 Å². The molecule has 188 valence electrons. The van der Waals surface area contributed by atoms with Gasteiger partial charge in [-0.05, 0) is 23.8 Å². The van der Waals surface area contributed by atoms with E-state index in [1.807, 2.05) is 30.3 Å². The minimum absolute atomic E-state index is 0.0323. The van der Waals surface area contributed by atoms with Crippen molar-refractivity contribution in [2.24, 2.45) is 0 Å². The van der Waals surface area contributed by atoms with Crippen LogP contribution in [0, 0.1) is 0 Å². The highest BCUT2D eigenvalue weighted by atomic mass is 19.4. The van der Waals surface area contributed by atoms with E-state index in [1.54, 1.807) is 0 Å². The van der Waals surface area contributed by atoms with Gasteiger partial charge in [-0.3, -0.25) is 14.2 Å². The van der Waals surface area contributed by atoms with E-state index in [0.717, 1.165) is 5.56 Å². The fourth-order valence-electron chi connectivity index (χ4n) is 3.52. The Morgan fingerprint density at radius 2 is 1.58 bits per heavy atom. The van der Waals surface area contributed by atoms with Crippen LogP contribution in [0.15, 0.2) is 65.8 Å². The first kappa shape index (κ1) is 24.9. The average molecular weight is 509 g/mol. The van der Waals surface area contributed by atoms with E-state index in [1.165, 1.54) is 21.8 Å². The molecule has 0 spiro atoms. The van der Waals surface area contributed by atoms with Crippen molar-refractivity contribution in [2.45, 2.75) is 25.4 Å². The summed E-state index contributed by atoms with van der Waals surface area (Å²) < 4.78 is 80.8. The summed E-state index contributed by atoms with van der Waals surface area (Å²) >= 11 is 0. The molecule has 0 saturated heterocycles. The lowest BCUT2D eigenvalue weighted by atomic mass is 10.0. The predicted octanol–water partition coefficient (Wildman–Crippen LogP) is 4.11. The quantitative estimate of drug-likeness (QED) is 0.397. The molecule has 2 aromatic heterocycles. The number of rotatable bonds is 6. The van der Waals surface area contributed by atoms with Crippen LogP contribution in [0.4, 0.5) is 26.3 Å². The topological polar surface area (TPSA) is 81.8 Å². The van der Waals surface area contributed by atoms with Gasteiger partial charge in [-0.2, -0.15) is 31.4 Å². The van der Waals surface area contributed by atoms with Crippen molar-refractivity contribution in [3.05, 3.63) is 93.7 Å². The van der Waals surface area contributed by atoms with Crippen LogP contribution in [0.1, 0.15) is 27.0 Å². The average Bonchev–Trinajstić information content (AvgIpc) is 3.24. The number of amides is 1. The molecule has 1 amide bonds. The number of nitrogens with one attached hydrogen (secondary N) is 1. The third kappa shape index (κ3) is 5.39. The Kier molecular flexibility index (Phi) is 6.57. The molecule has 4 rings (SSSR count). The fourth-order valence-corrected chi connectivity index (χ4v) is 3.52. The van der Waals surface area contributed by atoms with E-state index >= 15 is 0 Å². The molecular formula is C23H17F6N5O2. The number of nitrogens with zero attached hydrogens (tertiary/aromatic N) is 4. The second-order valence-electron chi connectivity index (χ2n) is 7.82. The maximum absolute atomic E-state index is 13.0. The largest absolute Gasteiger partial charge is 0.416 e. The summed E-state index contributed by atoms with van der Waals surface area (Å²) in [4.78, 5) is 29.3. The van der Waals surface area contributed by atoms with Crippen molar-refractivity contribution in [3.63, 3.8) is 0 Å². The van der Waals surface area contributed by atoms with Crippen molar-refractivity contribution in [1.82, 2.24) is 24.6 Å². The monoisotopic (exact) mass is 509 g/mol. The van der Waals surface area contributed by atoms with Crippen LogP contribution in [-0.2, 0) is 25.4 Å². The lowest BCUT2D eigenvalue weighted by Crippen LogP contribution is -2.28. The van der Waals surface area contributed by atoms with Gasteiger partial charge in [0.25, 0.3) is 11.5 Å². The van der Waals surface area contributed by atoms with Gasteiger partial charge in [0, 0.05) is 12.1 Å². The molecule has 0 saturated carbocycles. The first-order valence-corrected chi connectivity index (χ1v) is 10.5. The van der Waals surface area contributed by atoms with Gasteiger partial charge >= 0.3 is 12.4 Å². The van der Waals surface area contributed by atoms with E-state index < -0.39 is 35.0 Å². The highest BCUT2D eigenvalue weighted by Crippen LogP contribution is 2.36. The molecule has 0 aliphatic heterocycles. The molecule has 0 radical (unpaired) electrons. The molecule has 1 N–H and O–H groups in total. The molecule has 13 heteroatoms. The van der Waals surface area contributed by atoms with Crippen molar-refractivity contribution < 1.29 is 31.1 Å². The van der Waals surface area contributed by atoms with Gasteiger partial charge in [0.15, 0.2) is 5.65 Å². The Labute approximate surface area is 199 Å². The Hall–Kier alpha value is -4.16. The SMILES string of the molecule is O=C(NCCn1ncc2c(=O)n(Cc3ccccc3)cnc21)c1cc(C(F)(F)F)cc(C(F)(F)F)c1. The van der Waals surface area contributed by atoms with Gasteiger partial charge < -0.3 is 5.32 Å². The molecule has 2 aromatic carbocycles. The summed E-state index contributed by atoms with van der Waals surface area (Å²) in [5.41, 5.74) is -3.20. The number of halogens is 6. The smallest absolute Gasteiger partial charge is 0.350 e. The molecule has 36 heavy (non-hydrogen) atoms. The fraction of sp³-hybridized carbons (Fsp3) is 0.217. The minimum Gasteiger partial charge on any atom is -0.350 e. The summed E-state index contributed by atoms with van der Waals surface area (Å²) in [6.07, 6.45) is -7.49. The molecule has 0 fully saturated rings. The van der Waals surface area contributed by atoms with Crippen molar-refractivity contribution >= 4 is 16.9 Å². The Balaban J connectivity index is 1.48. The highest BCUT2D eigenvalue weighted by Gasteiger charge is 2.37. The van der Waals surface area contributed by atoms with Gasteiger partial charge in [-0.15, -0.1) is 0 Å². The zero-order chi connectivity index (χ0) is 26.1. The van der Waals surface area contributed by atoms with Gasteiger partial charge in [0.1, 0.15) is 11.7 Å². The maximum atomic E-state index is 13.0. The minimum atomic E-state index is -5.07. The normalized spacial score (nSPS) is 12.2. The van der Waals surface area contributed by atoms with Crippen LogP contribution in [-0.4, -0.2) is 31.8 Å². The van der Waals surface area contributed by atoms with Crippen LogP contribution in [0.2, 0.25) is 0 Å². The predicted molar refractivity (Wildman–Crippen MR) is 116 cm³/mol. The molecular weight excluding hydrogens is 492 g/mol. The number of benzene rings is 2. The highest BCUT2D eigenvalue weighted by molar-refractivity contribution is 5.94. The van der Waals surface area contributed by atoms with E-state index in [9.17, 15) is 35.9 Å². The third-order valence-corrected chi connectivity index (χ3v) is 5.28. The number of hydrogen-bond acceptors (Lipinski definition) is 4. The molecule has 0 atom stereocenters. The second kappa shape index (κ2) is 9.47. The molecule has 2 heterocycles. The van der Waals surface area contributed by atoms with Gasteiger partial charge in [0.05, 0.1) is 30.4 Å². The first-order valence-electron chi connectivity index (χ1n) is 10.5. The lowest BCUT2D eigenvalue weighted by molar-refractivity contribution is -0.143. The zero-order valence-corrected chi connectivity index (χ0v) is 18.3. The molecule has 0 aliphatic rings. The molecule has 7 nitrogen and oxygen atoms in total. The van der Waals surface area contributed by atoms with Crippen molar-refractivity contribution in [3.8, 4) is 0 Å². The summed E-state index contributed by atoms with van der Waals surface area (Å²) in [5.74, 6) is -1.12. The Morgan fingerprint density at radius 1 is 0.944 bits per heavy atom. The van der Waals surface area contributed by atoms with E-state index in [4.69, 9.17) is 0 Å². The van der Waals surface area contributed by atoms with Crippen molar-refractivity contribution in [2.75, 3.05) is 6.54 Å². The molecule has 4 aromatic rings. The summed E-state index contributed by atoms with van der Waals surface area (Å²) in [5, 5.41) is 6.55. The summed E-state index contributed by atoms with van der Waals surface area (Å²) in [6, 6.07) is 9.87. The van der Waals surface area contributed by atoms with Crippen LogP contribution in [0.25, 0.3) is 11.0 Å². The first-order chi connectivity index (χ1) is 16.9. The summed E-state index contributed by atoms with van der Waals surface area (Å²) in [6.45, 7) is 0.0677. The number of fused-ring (bicyclic) bond motifs is 1. The second-order valence-corrected chi connectivity index (χ2v) is 7.82. The van der Waals surface area contributed by atoms with E-state index in [-0.39, 0.29) is 35.7 Å². The van der Waals surface area contributed by atoms with Crippen LogP contribution < -0.4 is 10.9 Å². The van der Waals surface area contributed by atoms with E-state index in [0.29, 0.717) is 18.7 Å². The number of carbonyl (C=O) groups excluding carboxylic acids is 1. The van der Waals surface area contributed by atoms with Gasteiger partial charge in [-0.1, -0.05) is 30.3 Å². The Bertz CT molecular complexity index is 1430. The number of alkyl halides is 6. The number of carbonyl (C=O) groups is 1. The van der Waals surface area contributed by atoms with Crippen molar-refractivity contribution in [1.29, 1.82) is 0 Å². The van der Waals surface area contributed by atoms with E-state index in [2.05, 4.69) is 15.4 Å². The zero-order valence-electron chi connectivity index (χ0n) is 18.3. The third-order valence-electron chi connectivity index (χ3n) is 5.28. The Morgan fingerprint density at radius 3 is 2.19 bits per heavy atom. The maximum Gasteiger partial charge on any atom is 0.416 e. The number of aromatic nitrogens is 4. The number of hydrogen-bond donors (Lipinski definition) is 1. The van der Waals surface area contributed by atoms with Gasteiger partial charge in [0.2, 0.25) is 0 Å². The van der Waals surface area contributed by atoms with Crippen LogP contribution in [0.5, 0.6) is 0 Å². The van der Waals surface area contributed by atoms with Gasteiger partial charge in [-0.25, -0.2) is 9.67 Å². The van der Waals surface area contributed by atoms with Crippen LogP contribution >= 0.6 is 0 Å². The summed E-state index contributed by atoms with van der Waals surface area (Å²) in [7, 11) is 0. The molecule has 0 unspecified atom stereocenters. The molecule has 0 bridgehead atoms. The lowest BCUT2D eigenvalue weighted by Gasteiger charge is -2.14.